The zero-order valence-electron chi connectivity index (χ0n) is 20.4. The van der Waals surface area contributed by atoms with Crippen molar-refractivity contribution in [1.82, 2.24) is 19.9 Å². The lowest BCUT2D eigenvalue weighted by molar-refractivity contribution is -0.119. The van der Waals surface area contributed by atoms with Crippen LogP contribution in [0.4, 0.5) is 15.3 Å². The normalized spacial score (nSPS) is 11.5. The number of aromatic nitrogens is 3. The number of benzene rings is 2. The Labute approximate surface area is 207 Å². The molecule has 4 rings (SSSR count). The first-order chi connectivity index (χ1) is 16.6. The molecule has 8 nitrogen and oxygen atoms in total. The van der Waals surface area contributed by atoms with Crippen LogP contribution in [0, 0.1) is 5.82 Å². The number of rotatable bonds is 8. The van der Waals surface area contributed by atoms with E-state index in [1.165, 1.54) is 17.4 Å². The third-order valence-corrected chi connectivity index (χ3v) is 6.21. The topological polar surface area (TPSA) is 83.8 Å². The highest BCUT2D eigenvalue weighted by atomic mass is 32.1. The van der Waals surface area contributed by atoms with Crippen molar-refractivity contribution in [3.8, 4) is 17.0 Å². The molecule has 0 spiro atoms. The second kappa shape index (κ2) is 9.91. The van der Waals surface area contributed by atoms with E-state index in [-0.39, 0.29) is 30.4 Å². The first-order valence-corrected chi connectivity index (χ1v) is 12.0. The Morgan fingerprint density at radius 1 is 1.17 bits per heavy atom. The molecule has 2 aromatic heterocycles. The van der Waals surface area contributed by atoms with E-state index in [9.17, 15) is 9.18 Å². The number of methoxy groups -OCH3 is 1. The van der Waals surface area contributed by atoms with Gasteiger partial charge in [-0.05, 0) is 51.1 Å². The van der Waals surface area contributed by atoms with Gasteiger partial charge in [-0.15, -0.1) is 5.10 Å². The Bertz CT molecular complexity index is 1330. The van der Waals surface area contributed by atoms with Crippen molar-refractivity contribution in [2.24, 2.45) is 0 Å². The van der Waals surface area contributed by atoms with Gasteiger partial charge in [0.05, 0.1) is 13.7 Å². The Balaban J connectivity index is 1.55. The summed E-state index contributed by atoms with van der Waals surface area (Å²) in [5.74, 6) is 0.984. The molecule has 184 valence electrons. The molecule has 0 aliphatic rings. The van der Waals surface area contributed by atoms with E-state index < -0.39 is 0 Å². The molecule has 2 aromatic carbocycles. The first-order valence-electron chi connectivity index (χ1n) is 11.2. The summed E-state index contributed by atoms with van der Waals surface area (Å²) in [7, 11) is 3.43. The number of nitrogens with one attached hydrogen (secondary N) is 2. The molecule has 4 aromatic rings. The monoisotopic (exact) mass is 496 g/mol. The van der Waals surface area contributed by atoms with Crippen molar-refractivity contribution in [3.63, 3.8) is 0 Å². The number of hydrogen-bond acceptors (Lipinski definition) is 7. The number of imidazole rings is 1. The van der Waals surface area contributed by atoms with E-state index in [2.05, 4.69) is 31.4 Å². The molecule has 0 aliphatic carbocycles. The number of carbonyl (C=O) groups excluding carboxylic acids is 1. The Morgan fingerprint density at radius 3 is 2.54 bits per heavy atom. The number of likely N-dealkylation sites (N-methyl/N-ethyl adjacent to an activating group) is 1. The van der Waals surface area contributed by atoms with Crippen LogP contribution in [-0.4, -0.2) is 46.7 Å². The maximum atomic E-state index is 13.8. The van der Waals surface area contributed by atoms with Gasteiger partial charge in [0, 0.05) is 30.3 Å². The quantitative estimate of drug-likeness (QED) is 0.372. The Kier molecular flexibility index (Phi) is 6.93. The van der Waals surface area contributed by atoms with E-state index in [1.54, 1.807) is 41.8 Å². The second-order valence-electron chi connectivity index (χ2n) is 9.22. The number of fused-ring (bicyclic) bond motifs is 1. The molecule has 0 atom stereocenters. The van der Waals surface area contributed by atoms with Gasteiger partial charge in [0.2, 0.25) is 16.0 Å². The molecular formula is C25H29FN6O2S. The van der Waals surface area contributed by atoms with Crippen molar-refractivity contribution >= 4 is 33.2 Å². The molecule has 0 aliphatic heterocycles. The molecule has 10 heteroatoms. The number of amides is 1. The van der Waals surface area contributed by atoms with Crippen molar-refractivity contribution in [2.45, 2.75) is 32.9 Å². The third-order valence-electron chi connectivity index (χ3n) is 5.19. The molecule has 0 unspecified atom stereocenters. The first kappa shape index (κ1) is 24.5. The smallest absolute Gasteiger partial charge is 0.239 e. The SMILES string of the molecule is COc1ccc(-c2nc3sc(N(C)CC(=O)NCc4ccccc4F)nn3c2NC(C)(C)C)cc1. The summed E-state index contributed by atoms with van der Waals surface area (Å²) in [6.07, 6.45) is 0. The number of anilines is 2. The maximum Gasteiger partial charge on any atom is 0.239 e. The summed E-state index contributed by atoms with van der Waals surface area (Å²) in [6, 6.07) is 14.1. The zero-order chi connectivity index (χ0) is 25.2. The van der Waals surface area contributed by atoms with E-state index in [1.807, 2.05) is 24.3 Å². The van der Waals surface area contributed by atoms with Gasteiger partial charge >= 0.3 is 0 Å². The number of halogens is 1. The lowest BCUT2D eigenvalue weighted by atomic mass is 10.1. The predicted octanol–water partition coefficient (Wildman–Crippen LogP) is 4.57. The van der Waals surface area contributed by atoms with Gasteiger partial charge in [0.15, 0.2) is 5.82 Å². The second-order valence-corrected chi connectivity index (χ2v) is 10.2. The van der Waals surface area contributed by atoms with Crippen molar-refractivity contribution < 1.29 is 13.9 Å². The molecule has 2 heterocycles. The fraction of sp³-hybridized carbons (Fsp3) is 0.320. The fourth-order valence-corrected chi connectivity index (χ4v) is 4.35. The minimum Gasteiger partial charge on any atom is -0.497 e. The van der Waals surface area contributed by atoms with Crippen LogP contribution in [0.2, 0.25) is 0 Å². The molecule has 35 heavy (non-hydrogen) atoms. The van der Waals surface area contributed by atoms with Crippen LogP contribution in [0.25, 0.3) is 16.2 Å². The maximum absolute atomic E-state index is 13.8. The molecule has 0 saturated heterocycles. The van der Waals surface area contributed by atoms with Gasteiger partial charge in [0.1, 0.15) is 17.3 Å². The number of nitrogens with zero attached hydrogens (tertiary/aromatic N) is 4. The largest absolute Gasteiger partial charge is 0.497 e. The number of ether oxygens (including phenoxy) is 1. The summed E-state index contributed by atoms with van der Waals surface area (Å²) < 4.78 is 20.9. The highest BCUT2D eigenvalue weighted by Crippen LogP contribution is 2.35. The standard InChI is InChI=1S/C25H29FN6O2S/c1-25(2,3)29-22-21(16-10-12-18(34-5)13-11-16)28-23-32(22)30-24(35-23)31(4)15-20(33)27-14-17-8-6-7-9-19(17)26/h6-13,29H,14-15H2,1-5H3,(H,27,33). The van der Waals surface area contributed by atoms with Crippen molar-refractivity contribution in [3.05, 3.63) is 59.9 Å². The molecule has 0 saturated carbocycles. The zero-order valence-corrected chi connectivity index (χ0v) is 21.2. The number of carbonyl (C=O) groups is 1. The summed E-state index contributed by atoms with van der Waals surface area (Å²) in [6.45, 7) is 6.43. The third kappa shape index (κ3) is 5.71. The van der Waals surface area contributed by atoms with Crippen molar-refractivity contribution in [2.75, 3.05) is 30.9 Å². The van der Waals surface area contributed by atoms with Crippen LogP contribution in [0.1, 0.15) is 26.3 Å². The summed E-state index contributed by atoms with van der Waals surface area (Å²) in [5.41, 5.74) is 1.95. The average Bonchev–Trinajstić information content (AvgIpc) is 3.37. The Hall–Kier alpha value is -3.66. The van der Waals surface area contributed by atoms with Gasteiger partial charge in [-0.25, -0.2) is 9.37 Å². The fourth-order valence-electron chi connectivity index (χ4n) is 3.48. The van der Waals surface area contributed by atoms with Crippen LogP contribution in [0.15, 0.2) is 48.5 Å². The molecule has 0 fully saturated rings. The van der Waals surface area contributed by atoms with Gasteiger partial charge in [-0.3, -0.25) is 4.79 Å². The van der Waals surface area contributed by atoms with E-state index in [0.29, 0.717) is 15.7 Å². The van der Waals surface area contributed by atoms with Crippen LogP contribution in [0.5, 0.6) is 5.75 Å². The van der Waals surface area contributed by atoms with Gasteiger partial charge < -0.3 is 20.3 Å². The van der Waals surface area contributed by atoms with Gasteiger partial charge in [-0.1, -0.05) is 29.5 Å². The van der Waals surface area contributed by atoms with Crippen LogP contribution >= 0.6 is 11.3 Å². The molecule has 1 amide bonds. The summed E-state index contributed by atoms with van der Waals surface area (Å²) in [5, 5.41) is 11.7. The lowest BCUT2D eigenvalue weighted by Gasteiger charge is -2.22. The van der Waals surface area contributed by atoms with Crippen LogP contribution < -0.4 is 20.3 Å². The van der Waals surface area contributed by atoms with Crippen LogP contribution in [0.3, 0.4) is 0 Å². The van der Waals surface area contributed by atoms with E-state index in [0.717, 1.165) is 22.8 Å². The van der Waals surface area contributed by atoms with E-state index in [4.69, 9.17) is 14.8 Å². The highest BCUT2D eigenvalue weighted by molar-refractivity contribution is 7.20. The minimum atomic E-state index is -0.339. The average molecular weight is 497 g/mol. The predicted molar refractivity (Wildman–Crippen MR) is 138 cm³/mol. The molecular weight excluding hydrogens is 467 g/mol. The molecule has 2 N–H and O–H groups in total. The van der Waals surface area contributed by atoms with Crippen molar-refractivity contribution in [1.29, 1.82) is 0 Å². The molecule has 0 bridgehead atoms. The summed E-state index contributed by atoms with van der Waals surface area (Å²) in [4.78, 5) is 19.8. The van der Waals surface area contributed by atoms with Crippen LogP contribution in [-0.2, 0) is 11.3 Å². The summed E-state index contributed by atoms with van der Waals surface area (Å²) >= 11 is 1.39. The van der Waals surface area contributed by atoms with E-state index >= 15 is 0 Å². The van der Waals surface area contributed by atoms with Gasteiger partial charge in [-0.2, -0.15) is 4.52 Å². The highest BCUT2D eigenvalue weighted by Gasteiger charge is 2.23. The lowest BCUT2D eigenvalue weighted by Crippen LogP contribution is -2.35. The number of hydrogen-bond donors (Lipinski definition) is 2. The minimum absolute atomic E-state index is 0.0818. The molecule has 0 radical (unpaired) electrons. The Morgan fingerprint density at radius 2 is 1.89 bits per heavy atom. The van der Waals surface area contributed by atoms with Gasteiger partial charge in [0.25, 0.3) is 0 Å².